The second-order valence-electron chi connectivity index (χ2n) is 7.27. The Hall–Kier alpha value is -1.85. The quantitative estimate of drug-likeness (QED) is 0.913. The van der Waals surface area contributed by atoms with Gasteiger partial charge in [-0.1, -0.05) is 13.8 Å². The largest absolute Gasteiger partial charge is 0.358 e. The highest BCUT2D eigenvalue weighted by atomic mass is 16.2. The molecule has 1 atom stereocenters. The third-order valence-corrected chi connectivity index (χ3v) is 4.12. The zero-order valence-electron chi connectivity index (χ0n) is 14.5. The molecule has 0 saturated heterocycles. The van der Waals surface area contributed by atoms with Crippen molar-refractivity contribution in [2.24, 2.45) is 5.41 Å². The predicted molar refractivity (Wildman–Crippen MR) is 87.4 cm³/mol. The van der Waals surface area contributed by atoms with Crippen molar-refractivity contribution in [2.45, 2.75) is 53.1 Å². The first kappa shape index (κ1) is 16.5. The molecule has 1 amide bonds. The first-order valence-electron chi connectivity index (χ1n) is 7.66. The van der Waals surface area contributed by atoms with Crippen molar-refractivity contribution in [3.05, 3.63) is 21.7 Å². The molecule has 1 aromatic rings. The highest BCUT2D eigenvalue weighted by Gasteiger charge is 2.45. The van der Waals surface area contributed by atoms with Gasteiger partial charge in [0.1, 0.15) is 6.04 Å². The van der Waals surface area contributed by atoms with Crippen LogP contribution in [0.2, 0.25) is 0 Å². The van der Waals surface area contributed by atoms with Gasteiger partial charge < -0.3 is 10.2 Å². The Bertz CT molecular complexity index is 659. The second-order valence-corrected chi connectivity index (χ2v) is 7.27. The molecular weight excluding hydrogens is 280 g/mol. The first-order valence-corrected chi connectivity index (χ1v) is 7.66. The molecule has 0 aliphatic carbocycles. The molecule has 2 heterocycles. The van der Waals surface area contributed by atoms with Crippen LogP contribution < -0.4 is 15.8 Å². The highest BCUT2D eigenvalue weighted by molar-refractivity contribution is 5.82. The molecule has 0 radical (unpaired) electrons. The Labute approximate surface area is 131 Å². The number of hydrogen-bond acceptors (Lipinski definition) is 4. The van der Waals surface area contributed by atoms with Crippen LogP contribution in [0, 0.1) is 12.3 Å². The normalized spacial score (nSPS) is 19.2. The SMILES string of the molecule is Cc1nc(N(C)C)c(=O)n2c1CC(C)(C)[C@H]2C(=O)NC(C)C. The molecule has 122 valence electrons. The van der Waals surface area contributed by atoms with Crippen molar-refractivity contribution in [3.63, 3.8) is 0 Å². The minimum atomic E-state index is -0.502. The van der Waals surface area contributed by atoms with Crippen LogP contribution in [0.1, 0.15) is 45.1 Å². The highest BCUT2D eigenvalue weighted by Crippen LogP contribution is 2.42. The van der Waals surface area contributed by atoms with Gasteiger partial charge in [-0.3, -0.25) is 14.2 Å². The molecule has 0 unspecified atom stereocenters. The Morgan fingerprint density at radius 3 is 2.50 bits per heavy atom. The maximum atomic E-state index is 12.8. The zero-order valence-corrected chi connectivity index (χ0v) is 14.5. The molecule has 1 N–H and O–H groups in total. The molecule has 22 heavy (non-hydrogen) atoms. The second kappa shape index (κ2) is 5.41. The van der Waals surface area contributed by atoms with Crippen LogP contribution in [-0.2, 0) is 11.2 Å². The number of fused-ring (bicyclic) bond motifs is 1. The zero-order chi connectivity index (χ0) is 16.8. The minimum Gasteiger partial charge on any atom is -0.358 e. The van der Waals surface area contributed by atoms with Gasteiger partial charge in [-0.05, 0) is 27.2 Å². The monoisotopic (exact) mass is 306 g/mol. The Kier molecular flexibility index (Phi) is 4.06. The topological polar surface area (TPSA) is 67.2 Å². The summed E-state index contributed by atoms with van der Waals surface area (Å²) >= 11 is 0. The van der Waals surface area contributed by atoms with E-state index in [9.17, 15) is 9.59 Å². The van der Waals surface area contributed by atoms with Gasteiger partial charge in [-0.25, -0.2) is 4.98 Å². The molecule has 0 bridgehead atoms. The van der Waals surface area contributed by atoms with Crippen molar-refractivity contribution in [3.8, 4) is 0 Å². The standard InChI is InChI=1S/C16H26N4O2/c1-9(2)17-14(21)12-16(4,5)8-11-10(3)18-13(19(6)7)15(22)20(11)12/h9,12H,8H2,1-7H3,(H,17,21)/t12-/m1/s1. The fourth-order valence-electron chi connectivity index (χ4n) is 3.17. The molecular formula is C16H26N4O2. The fraction of sp³-hybridized carbons (Fsp3) is 0.688. The van der Waals surface area contributed by atoms with Crippen LogP contribution in [0.4, 0.5) is 5.82 Å². The lowest BCUT2D eigenvalue weighted by molar-refractivity contribution is -0.127. The third kappa shape index (κ3) is 2.62. The van der Waals surface area contributed by atoms with E-state index >= 15 is 0 Å². The summed E-state index contributed by atoms with van der Waals surface area (Å²) in [5, 5.41) is 2.94. The molecule has 1 aliphatic heterocycles. The Morgan fingerprint density at radius 2 is 2.00 bits per heavy atom. The van der Waals surface area contributed by atoms with Gasteiger partial charge in [-0.2, -0.15) is 0 Å². The number of carbonyl (C=O) groups is 1. The number of anilines is 1. The number of carbonyl (C=O) groups excluding carboxylic acids is 1. The van der Waals surface area contributed by atoms with Gasteiger partial charge in [-0.15, -0.1) is 0 Å². The summed E-state index contributed by atoms with van der Waals surface area (Å²) < 4.78 is 1.65. The van der Waals surface area contributed by atoms with Crippen LogP contribution in [0.25, 0.3) is 0 Å². The number of amides is 1. The molecule has 2 rings (SSSR count). The maximum Gasteiger partial charge on any atom is 0.294 e. The maximum absolute atomic E-state index is 12.8. The number of hydrogen-bond donors (Lipinski definition) is 1. The summed E-state index contributed by atoms with van der Waals surface area (Å²) in [6, 6.07) is -0.461. The van der Waals surface area contributed by atoms with Crippen molar-refractivity contribution in [2.75, 3.05) is 19.0 Å². The molecule has 1 aromatic heterocycles. The van der Waals surface area contributed by atoms with Gasteiger partial charge in [0, 0.05) is 31.2 Å². The molecule has 0 spiro atoms. The van der Waals surface area contributed by atoms with E-state index in [2.05, 4.69) is 10.3 Å². The van der Waals surface area contributed by atoms with Crippen LogP contribution in [0.3, 0.4) is 0 Å². The summed E-state index contributed by atoms with van der Waals surface area (Å²) in [5.41, 5.74) is 1.17. The number of nitrogens with zero attached hydrogens (tertiary/aromatic N) is 3. The van der Waals surface area contributed by atoms with Crippen LogP contribution in [-0.4, -0.2) is 35.6 Å². The van der Waals surface area contributed by atoms with Crippen molar-refractivity contribution < 1.29 is 4.79 Å². The summed E-state index contributed by atoms with van der Waals surface area (Å²) in [6.07, 6.45) is 0.672. The number of aromatic nitrogens is 2. The van der Waals surface area contributed by atoms with Crippen molar-refractivity contribution in [1.29, 1.82) is 0 Å². The predicted octanol–water partition coefficient (Wildman–Crippen LogP) is 1.27. The summed E-state index contributed by atoms with van der Waals surface area (Å²) in [7, 11) is 3.58. The smallest absolute Gasteiger partial charge is 0.294 e. The third-order valence-electron chi connectivity index (χ3n) is 4.12. The summed E-state index contributed by atoms with van der Waals surface area (Å²) in [6.45, 7) is 9.80. The van der Waals surface area contributed by atoms with Crippen LogP contribution in [0.5, 0.6) is 0 Å². The van der Waals surface area contributed by atoms with E-state index < -0.39 is 6.04 Å². The number of rotatable bonds is 3. The van der Waals surface area contributed by atoms with E-state index in [0.717, 1.165) is 11.4 Å². The molecule has 1 aliphatic rings. The van der Waals surface area contributed by atoms with Gasteiger partial charge in [0.25, 0.3) is 5.56 Å². The average Bonchev–Trinajstić information content (AvgIpc) is 2.64. The first-order chi connectivity index (χ1) is 10.1. The van der Waals surface area contributed by atoms with Crippen molar-refractivity contribution in [1.82, 2.24) is 14.9 Å². The average molecular weight is 306 g/mol. The lowest BCUT2D eigenvalue weighted by Crippen LogP contribution is -2.44. The summed E-state index contributed by atoms with van der Waals surface area (Å²) in [5.74, 6) is 0.275. The molecule has 0 aromatic carbocycles. The molecule has 6 nitrogen and oxygen atoms in total. The molecule has 0 fully saturated rings. The molecule has 0 saturated carbocycles. The minimum absolute atomic E-state index is 0.0410. The van der Waals surface area contributed by atoms with Gasteiger partial charge >= 0.3 is 0 Å². The van der Waals surface area contributed by atoms with Crippen LogP contribution in [0.15, 0.2) is 4.79 Å². The van der Waals surface area contributed by atoms with Crippen LogP contribution >= 0.6 is 0 Å². The van der Waals surface area contributed by atoms with E-state index in [1.807, 2.05) is 34.6 Å². The van der Waals surface area contributed by atoms with E-state index in [-0.39, 0.29) is 22.9 Å². The Morgan fingerprint density at radius 1 is 1.41 bits per heavy atom. The van der Waals surface area contributed by atoms with E-state index in [4.69, 9.17) is 0 Å². The van der Waals surface area contributed by atoms with E-state index in [1.54, 1.807) is 23.6 Å². The fourth-order valence-corrected chi connectivity index (χ4v) is 3.17. The summed E-state index contributed by atoms with van der Waals surface area (Å²) in [4.78, 5) is 31.6. The van der Waals surface area contributed by atoms with E-state index in [0.29, 0.717) is 12.2 Å². The molecule has 6 heteroatoms. The van der Waals surface area contributed by atoms with Gasteiger partial charge in [0.15, 0.2) is 5.82 Å². The lowest BCUT2D eigenvalue weighted by atomic mass is 9.83. The number of nitrogens with one attached hydrogen (secondary N) is 1. The lowest BCUT2D eigenvalue weighted by Gasteiger charge is -2.27. The van der Waals surface area contributed by atoms with Gasteiger partial charge in [0.05, 0.1) is 5.69 Å². The van der Waals surface area contributed by atoms with Gasteiger partial charge in [0.2, 0.25) is 5.91 Å². The van der Waals surface area contributed by atoms with Crippen molar-refractivity contribution >= 4 is 11.7 Å². The Balaban J connectivity index is 2.65. The number of aryl methyl sites for hydroxylation is 1. The van der Waals surface area contributed by atoms with E-state index in [1.165, 1.54) is 0 Å².